The van der Waals surface area contributed by atoms with Crippen LogP contribution in [0.4, 0.5) is 0 Å². The Hall–Kier alpha value is -2.87. The minimum atomic E-state index is 0.790. The van der Waals surface area contributed by atoms with Crippen LogP contribution in [0.5, 0.6) is 0 Å². The molecule has 0 saturated heterocycles. The molecule has 0 bridgehead atoms. The molecule has 21 heavy (non-hydrogen) atoms. The van der Waals surface area contributed by atoms with Gasteiger partial charge < -0.3 is 4.42 Å². The number of furan rings is 1. The number of rotatable bonds is 2. The van der Waals surface area contributed by atoms with Crippen molar-refractivity contribution in [2.24, 2.45) is 0 Å². The highest BCUT2D eigenvalue weighted by Gasteiger charge is 2.10. The molecule has 0 aliphatic heterocycles. The van der Waals surface area contributed by atoms with Gasteiger partial charge in [0.1, 0.15) is 5.69 Å². The zero-order chi connectivity index (χ0) is 14.1. The summed E-state index contributed by atoms with van der Waals surface area (Å²) in [6.07, 6.45) is 1.67. The highest BCUT2D eigenvalue weighted by molar-refractivity contribution is 5.96. The van der Waals surface area contributed by atoms with Crippen molar-refractivity contribution in [2.75, 3.05) is 0 Å². The molecule has 100 valence electrons. The molecule has 2 nitrogen and oxygen atoms in total. The smallest absolute Gasteiger partial charge is 0.152 e. The number of hydrogen-bond acceptors (Lipinski definition) is 2. The van der Waals surface area contributed by atoms with Crippen molar-refractivity contribution >= 4 is 10.8 Å². The molecule has 0 unspecified atom stereocenters. The van der Waals surface area contributed by atoms with Crippen molar-refractivity contribution in [3.05, 3.63) is 79.1 Å². The van der Waals surface area contributed by atoms with Gasteiger partial charge in [-0.15, -0.1) is 0 Å². The predicted octanol–water partition coefficient (Wildman–Crippen LogP) is 5.16. The Bertz CT molecular complexity index is 880. The molecule has 0 aliphatic rings. The number of benzene rings is 2. The monoisotopic (exact) mass is 271 g/mol. The maximum Gasteiger partial charge on any atom is 0.152 e. The summed E-state index contributed by atoms with van der Waals surface area (Å²) in [5, 5.41) is 2.32. The van der Waals surface area contributed by atoms with E-state index in [9.17, 15) is 0 Å². The zero-order valence-corrected chi connectivity index (χ0v) is 11.4. The second-order valence-corrected chi connectivity index (χ2v) is 4.92. The molecule has 0 fully saturated rings. The van der Waals surface area contributed by atoms with Crippen LogP contribution in [0, 0.1) is 0 Å². The molecule has 0 radical (unpaired) electrons. The lowest BCUT2D eigenvalue weighted by atomic mass is 10.0. The van der Waals surface area contributed by atoms with E-state index in [0.29, 0.717) is 0 Å². The molecule has 2 heteroatoms. The Labute approximate surface area is 122 Å². The number of nitrogens with zero attached hydrogens (tertiary/aromatic N) is 1. The number of hydrogen-bond donors (Lipinski definition) is 0. The Morgan fingerprint density at radius 2 is 1.57 bits per heavy atom. The van der Waals surface area contributed by atoms with Crippen LogP contribution in [0.1, 0.15) is 0 Å². The zero-order valence-electron chi connectivity index (χ0n) is 11.4. The van der Waals surface area contributed by atoms with Crippen molar-refractivity contribution in [1.29, 1.82) is 0 Å². The summed E-state index contributed by atoms with van der Waals surface area (Å²) in [7, 11) is 0. The van der Waals surface area contributed by atoms with Crippen molar-refractivity contribution < 1.29 is 4.42 Å². The standard InChI is InChI=1S/C19H13NO/c1-2-7-14(8-3-1)19-16-10-5-4-9-15(16)13-17(20-19)18-11-6-12-21-18/h1-13H. The van der Waals surface area contributed by atoms with Gasteiger partial charge in [-0.05, 0) is 23.6 Å². The first-order chi connectivity index (χ1) is 10.4. The normalized spacial score (nSPS) is 10.9. The average molecular weight is 271 g/mol. The van der Waals surface area contributed by atoms with E-state index in [4.69, 9.17) is 9.40 Å². The van der Waals surface area contributed by atoms with Gasteiger partial charge in [-0.1, -0.05) is 54.6 Å². The molecule has 0 saturated carbocycles. The molecule has 0 amide bonds. The maximum absolute atomic E-state index is 5.50. The van der Waals surface area contributed by atoms with E-state index in [1.165, 1.54) is 0 Å². The molecular formula is C19H13NO. The van der Waals surface area contributed by atoms with Gasteiger partial charge >= 0.3 is 0 Å². The Balaban J connectivity index is 2.04. The largest absolute Gasteiger partial charge is 0.463 e. The van der Waals surface area contributed by atoms with Crippen LogP contribution in [0.2, 0.25) is 0 Å². The molecule has 4 rings (SSSR count). The summed E-state index contributed by atoms with van der Waals surface area (Å²) in [5.41, 5.74) is 2.96. The Morgan fingerprint density at radius 1 is 0.762 bits per heavy atom. The van der Waals surface area contributed by atoms with Crippen LogP contribution in [0.15, 0.2) is 83.5 Å². The number of pyridine rings is 1. The van der Waals surface area contributed by atoms with Crippen LogP contribution in [-0.4, -0.2) is 4.98 Å². The first kappa shape index (κ1) is 11.9. The van der Waals surface area contributed by atoms with E-state index in [0.717, 1.165) is 33.5 Å². The summed E-state index contributed by atoms with van der Waals surface area (Å²) in [6.45, 7) is 0. The quantitative estimate of drug-likeness (QED) is 0.503. The van der Waals surface area contributed by atoms with E-state index in [1.54, 1.807) is 6.26 Å². The first-order valence-corrected chi connectivity index (χ1v) is 6.91. The van der Waals surface area contributed by atoms with Gasteiger partial charge in [0.25, 0.3) is 0 Å². The minimum Gasteiger partial charge on any atom is -0.463 e. The fourth-order valence-electron chi connectivity index (χ4n) is 2.57. The molecule has 4 aromatic rings. The minimum absolute atomic E-state index is 0.790. The van der Waals surface area contributed by atoms with E-state index in [2.05, 4.69) is 30.3 Å². The van der Waals surface area contributed by atoms with Crippen molar-refractivity contribution in [3.63, 3.8) is 0 Å². The highest BCUT2D eigenvalue weighted by Crippen LogP contribution is 2.30. The van der Waals surface area contributed by atoms with Crippen LogP contribution in [0.3, 0.4) is 0 Å². The number of fused-ring (bicyclic) bond motifs is 1. The molecule has 0 spiro atoms. The lowest BCUT2D eigenvalue weighted by Crippen LogP contribution is -1.90. The summed E-state index contributed by atoms with van der Waals surface area (Å²) >= 11 is 0. The third-order valence-electron chi connectivity index (χ3n) is 3.56. The fourth-order valence-corrected chi connectivity index (χ4v) is 2.57. The topological polar surface area (TPSA) is 26.0 Å². The third-order valence-corrected chi connectivity index (χ3v) is 3.56. The fraction of sp³-hybridized carbons (Fsp3) is 0. The summed E-state index contributed by atoms with van der Waals surface area (Å²) < 4.78 is 5.50. The van der Waals surface area contributed by atoms with Crippen LogP contribution in [-0.2, 0) is 0 Å². The SMILES string of the molecule is c1ccc(-c2nc(-c3ccco3)cc3ccccc23)cc1. The van der Waals surface area contributed by atoms with Gasteiger partial charge in [-0.2, -0.15) is 0 Å². The van der Waals surface area contributed by atoms with Gasteiger partial charge in [-0.25, -0.2) is 4.98 Å². The van der Waals surface area contributed by atoms with Crippen LogP contribution in [0.25, 0.3) is 33.5 Å². The predicted molar refractivity (Wildman–Crippen MR) is 84.9 cm³/mol. The molecular weight excluding hydrogens is 258 g/mol. The van der Waals surface area contributed by atoms with E-state index < -0.39 is 0 Å². The van der Waals surface area contributed by atoms with Gasteiger partial charge in [0, 0.05) is 10.9 Å². The van der Waals surface area contributed by atoms with Crippen molar-refractivity contribution in [3.8, 4) is 22.7 Å². The second kappa shape index (κ2) is 4.91. The van der Waals surface area contributed by atoms with E-state index in [1.807, 2.05) is 42.5 Å². The third kappa shape index (κ3) is 2.11. The summed E-state index contributed by atoms with van der Waals surface area (Å²) in [4.78, 5) is 4.82. The molecule has 2 aromatic carbocycles. The molecule has 2 aromatic heterocycles. The average Bonchev–Trinajstić information content (AvgIpc) is 3.09. The Kier molecular flexibility index (Phi) is 2.79. The molecule has 0 N–H and O–H groups in total. The first-order valence-electron chi connectivity index (χ1n) is 6.91. The van der Waals surface area contributed by atoms with E-state index >= 15 is 0 Å². The van der Waals surface area contributed by atoms with Crippen molar-refractivity contribution in [1.82, 2.24) is 4.98 Å². The van der Waals surface area contributed by atoms with Gasteiger partial charge in [-0.3, -0.25) is 0 Å². The second-order valence-electron chi connectivity index (χ2n) is 4.92. The summed E-state index contributed by atoms with van der Waals surface area (Å²) in [6, 6.07) is 24.4. The highest BCUT2D eigenvalue weighted by atomic mass is 16.3. The molecule has 2 heterocycles. The lowest BCUT2D eigenvalue weighted by molar-refractivity contribution is 0.580. The lowest BCUT2D eigenvalue weighted by Gasteiger charge is -2.08. The van der Waals surface area contributed by atoms with Gasteiger partial charge in [0.2, 0.25) is 0 Å². The van der Waals surface area contributed by atoms with E-state index in [-0.39, 0.29) is 0 Å². The molecule has 0 atom stereocenters. The molecule has 0 aliphatic carbocycles. The van der Waals surface area contributed by atoms with Crippen molar-refractivity contribution in [2.45, 2.75) is 0 Å². The van der Waals surface area contributed by atoms with Gasteiger partial charge in [0.15, 0.2) is 5.76 Å². The number of aromatic nitrogens is 1. The summed E-state index contributed by atoms with van der Waals surface area (Å²) in [5.74, 6) is 0.790. The van der Waals surface area contributed by atoms with Crippen LogP contribution >= 0.6 is 0 Å². The van der Waals surface area contributed by atoms with Gasteiger partial charge in [0.05, 0.1) is 12.0 Å². The maximum atomic E-state index is 5.50. The Morgan fingerprint density at radius 3 is 2.38 bits per heavy atom. The van der Waals surface area contributed by atoms with Crippen LogP contribution < -0.4 is 0 Å².